The van der Waals surface area contributed by atoms with Crippen LogP contribution in [0.1, 0.15) is 55.8 Å². The number of carboxylic acids is 1. The molecule has 0 fully saturated rings. The lowest BCUT2D eigenvalue weighted by Gasteiger charge is -2.12. The standard InChI is InChI=1S/C15H19F3O4/c1-2-3-4-5-6-7-8-22-14-12(18)11(17)10(16)9(13(14)19)15(20)21/h19H,2-8H2,1H3,(H,20,21). The Hall–Kier alpha value is -1.92. The van der Waals surface area contributed by atoms with Crippen LogP contribution in [0.25, 0.3) is 0 Å². The van der Waals surface area contributed by atoms with Crippen molar-refractivity contribution in [3.05, 3.63) is 23.0 Å². The smallest absolute Gasteiger partial charge is 0.342 e. The number of carbonyl (C=O) groups is 1. The number of aromatic hydroxyl groups is 1. The Kier molecular flexibility index (Phi) is 7.01. The molecule has 1 aromatic carbocycles. The second-order valence-corrected chi connectivity index (χ2v) is 4.92. The van der Waals surface area contributed by atoms with E-state index >= 15 is 0 Å². The fraction of sp³-hybridized carbons (Fsp3) is 0.533. The van der Waals surface area contributed by atoms with Gasteiger partial charge in [0.2, 0.25) is 11.6 Å². The molecule has 22 heavy (non-hydrogen) atoms. The Labute approximate surface area is 126 Å². The van der Waals surface area contributed by atoms with Crippen LogP contribution in [0.4, 0.5) is 13.2 Å². The van der Waals surface area contributed by atoms with Crippen LogP contribution < -0.4 is 4.74 Å². The summed E-state index contributed by atoms with van der Waals surface area (Å²) in [7, 11) is 0. The van der Waals surface area contributed by atoms with Crippen molar-refractivity contribution in [1.29, 1.82) is 0 Å². The van der Waals surface area contributed by atoms with Gasteiger partial charge in [0.05, 0.1) is 6.61 Å². The van der Waals surface area contributed by atoms with Gasteiger partial charge in [-0.15, -0.1) is 0 Å². The predicted molar refractivity (Wildman–Crippen MR) is 73.8 cm³/mol. The zero-order valence-corrected chi connectivity index (χ0v) is 12.3. The highest BCUT2D eigenvalue weighted by Crippen LogP contribution is 2.37. The maximum Gasteiger partial charge on any atom is 0.342 e. The SMILES string of the molecule is CCCCCCCCOc1c(O)c(C(=O)O)c(F)c(F)c1F. The lowest BCUT2D eigenvalue weighted by atomic mass is 10.1. The highest BCUT2D eigenvalue weighted by Gasteiger charge is 2.29. The molecule has 7 heteroatoms. The van der Waals surface area contributed by atoms with Crippen molar-refractivity contribution >= 4 is 5.97 Å². The Balaban J connectivity index is 2.73. The summed E-state index contributed by atoms with van der Waals surface area (Å²) >= 11 is 0. The molecule has 0 spiro atoms. The summed E-state index contributed by atoms with van der Waals surface area (Å²) < 4.78 is 45.1. The van der Waals surface area contributed by atoms with Crippen molar-refractivity contribution in [1.82, 2.24) is 0 Å². The lowest BCUT2D eigenvalue weighted by molar-refractivity contribution is 0.0685. The van der Waals surface area contributed by atoms with E-state index in [1.165, 1.54) is 0 Å². The Bertz CT molecular complexity index is 532. The summed E-state index contributed by atoms with van der Waals surface area (Å²) in [6.45, 7) is 2.05. The van der Waals surface area contributed by atoms with Crippen molar-refractivity contribution in [2.75, 3.05) is 6.61 Å². The fourth-order valence-corrected chi connectivity index (χ4v) is 2.01. The van der Waals surface area contributed by atoms with Crippen LogP contribution in [0.3, 0.4) is 0 Å². The van der Waals surface area contributed by atoms with E-state index in [0.717, 1.165) is 32.1 Å². The van der Waals surface area contributed by atoms with Gasteiger partial charge >= 0.3 is 5.97 Å². The number of unbranched alkanes of at least 4 members (excludes halogenated alkanes) is 5. The summed E-state index contributed by atoms with van der Waals surface area (Å²) in [5.41, 5.74) is -1.34. The molecule has 4 nitrogen and oxygen atoms in total. The average molecular weight is 320 g/mol. The average Bonchev–Trinajstić information content (AvgIpc) is 2.47. The maximum atomic E-state index is 13.5. The zero-order chi connectivity index (χ0) is 16.7. The predicted octanol–water partition coefficient (Wildman–Crippen LogP) is 4.25. The fourth-order valence-electron chi connectivity index (χ4n) is 2.01. The van der Waals surface area contributed by atoms with Crippen LogP contribution in [0.2, 0.25) is 0 Å². The molecule has 0 aliphatic rings. The van der Waals surface area contributed by atoms with E-state index in [9.17, 15) is 23.1 Å². The van der Waals surface area contributed by atoms with E-state index < -0.39 is 40.5 Å². The molecule has 1 aromatic rings. The van der Waals surface area contributed by atoms with Gasteiger partial charge in [0.15, 0.2) is 17.4 Å². The van der Waals surface area contributed by atoms with E-state index in [4.69, 9.17) is 9.84 Å². The molecule has 0 heterocycles. The van der Waals surface area contributed by atoms with Crippen molar-refractivity contribution in [3.63, 3.8) is 0 Å². The van der Waals surface area contributed by atoms with Gasteiger partial charge in [0, 0.05) is 0 Å². The number of rotatable bonds is 9. The van der Waals surface area contributed by atoms with Gasteiger partial charge in [-0.2, -0.15) is 4.39 Å². The van der Waals surface area contributed by atoms with Crippen molar-refractivity contribution < 1.29 is 32.9 Å². The van der Waals surface area contributed by atoms with Crippen molar-refractivity contribution in [2.24, 2.45) is 0 Å². The van der Waals surface area contributed by atoms with Gasteiger partial charge in [0.25, 0.3) is 0 Å². The summed E-state index contributed by atoms with van der Waals surface area (Å²) in [5, 5.41) is 18.3. The summed E-state index contributed by atoms with van der Waals surface area (Å²) in [6, 6.07) is 0. The quantitative estimate of drug-likeness (QED) is 0.527. The van der Waals surface area contributed by atoms with Gasteiger partial charge in [-0.25, -0.2) is 13.6 Å². The molecule has 0 unspecified atom stereocenters. The molecule has 0 aromatic heterocycles. The first-order chi connectivity index (χ1) is 10.4. The minimum atomic E-state index is -1.98. The van der Waals surface area contributed by atoms with Gasteiger partial charge in [-0.3, -0.25) is 0 Å². The number of aromatic carboxylic acids is 1. The van der Waals surface area contributed by atoms with E-state index in [1.807, 2.05) is 0 Å². The van der Waals surface area contributed by atoms with Gasteiger partial charge in [-0.1, -0.05) is 39.0 Å². The van der Waals surface area contributed by atoms with E-state index in [-0.39, 0.29) is 6.61 Å². The number of hydrogen-bond acceptors (Lipinski definition) is 3. The van der Waals surface area contributed by atoms with Crippen LogP contribution >= 0.6 is 0 Å². The van der Waals surface area contributed by atoms with Crippen LogP contribution in [-0.4, -0.2) is 22.8 Å². The molecule has 0 bridgehead atoms. The highest BCUT2D eigenvalue weighted by molar-refractivity contribution is 5.92. The first-order valence-electron chi connectivity index (χ1n) is 7.17. The number of benzene rings is 1. The molecule has 0 aliphatic carbocycles. The van der Waals surface area contributed by atoms with Gasteiger partial charge in [-0.05, 0) is 6.42 Å². The number of carboxylic acid groups (broad SMARTS) is 1. The molecule has 0 amide bonds. The molecule has 124 valence electrons. The third-order valence-corrected chi connectivity index (χ3v) is 3.21. The van der Waals surface area contributed by atoms with E-state index in [1.54, 1.807) is 0 Å². The third kappa shape index (κ3) is 4.29. The first kappa shape index (κ1) is 18.1. The minimum Gasteiger partial charge on any atom is -0.504 e. The van der Waals surface area contributed by atoms with Crippen LogP contribution in [0.15, 0.2) is 0 Å². The highest BCUT2D eigenvalue weighted by atomic mass is 19.2. The number of hydrogen-bond donors (Lipinski definition) is 2. The number of phenols is 1. The lowest BCUT2D eigenvalue weighted by Crippen LogP contribution is -2.09. The molecular formula is C15H19F3O4. The van der Waals surface area contributed by atoms with Gasteiger partial charge in [0.1, 0.15) is 5.56 Å². The topological polar surface area (TPSA) is 66.8 Å². The maximum absolute atomic E-state index is 13.5. The second kappa shape index (κ2) is 8.51. The Morgan fingerprint density at radius 3 is 2.18 bits per heavy atom. The van der Waals surface area contributed by atoms with Gasteiger partial charge < -0.3 is 14.9 Å². The molecule has 1 rings (SSSR count). The molecule has 0 radical (unpaired) electrons. The molecule has 0 aliphatic heterocycles. The Morgan fingerprint density at radius 2 is 1.59 bits per heavy atom. The third-order valence-electron chi connectivity index (χ3n) is 3.21. The summed E-state index contributed by atoms with van der Waals surface area (Å²) in [4.78, 5) is 10.8. The van der Waals surface area contributed by atoms with E-state index in [0.29, 0.717) is 6.42 Å². The van der Waals surface area contributed by atoms with Crippen LogP contribution in [0.5, 0.6) is 11.5 Å². The van der Waals surface area contributed by atoms with Crippen LogP contribution in [0, 0.1) is 17.5 Å². The van der Waals surface area contributed by atoms with Crippen molar-refractivity contribution in [3.8, 4) is 11.5 Å². The van der Waals surface area contributed by atoms with E-state index in [2.05, 4.69) is 6.92 Å². The van der Waals surface area contributed by atoms with Crippen molar-refractivity contribution in [2.45, 2.75) is 45.4 Å². The molecular weight excluding hydrogens is 301 g/mol. The normalized spacial score (nSPS) is 10.7. The molecule has 0 atom stereocenters. The summed E-state index contributed by atoms with van der Waals surface area (Å²) in [5.74, 6) is -9.77. The first-order valence-corrected chi connectivity index (χ1v) is 7.17. The zero-order valence-electron chi connectivity index (χ0n) is 12.3. The van der Waals surface area contributed by atoms with Crippen LogP contribution in [-0.2, 0) is 0 Å². The largest absolute Gasteiger partial charge is 0.504 e. The molecule has 0 saturated carbocycles. The molecule has 0 saturated heterocycles. The summed E-state index contributed by atoms with van der Waals surface area (Å²) in [6.07, 6.45) is 5.57. The second-order valence-electron chi connectivity index (χ2n) is 4.92. The molecule has 2 N–H and O–H groups in total. The number of halogens is 3. The minimum absolute atomic E-state index is 0.0270. The Morgan fingerprint density at radius 1 is 1.00 bits per heavy atom. The number of ether oxygens (including phenoxy) is 1. The monoisotopic (exact) mass is 320 g/mol.